The lowest BCUT2D eigenvalue weighted by Gasteiger charge is -2.34. The Morgan fingerprint density at radius 2 is 0.932 bits per heavy atom. The fourth-order valence-electron chi connectivity index (χ4n) is 10.1. The summed E-state index contributed by atoms with van der Waals surface area (Å²) in [6.45, 7) is 8.74. The molecule has 0 atom stereocenters. The Balaban J connectivity index is 1.09. The Labute approximate surface area is 345 Å². The lowest BCUT2D eigenvalue weighted by Crippen LogP contribution is -2.28. The molecule has 8 aromatic carbocycles. The quantitative estimate of drug-likeness (QED) is 0.164. The molecule has 0 fully saturated rings. The molecule has 11 rings (SSSR count). The number of pyridine rings is 2. The van der Waals surface area contributed by atoms with Gasteiger partial charge in [-0.3, -0.25) is 4.98 Å². The minimum atomic E-state index is -0.443. The van der Waals surface area contributed by atoms with Crippen LogP contribution in [-0.2, 0) is 5.41 Å². The third-order valence-electron chi connectivity index (χ3n) is 13.2. The zero-order chi connectivity index (χ0) is 39.8. The van der Waals surface area contributed by atoms with Gasteiger partial charge in [0.1, 0.15) is 0 Å². The van der Waals surface area contributed by atoms with Gasteiger partial charge in [0.25, 0.3) is 0 Å². The van der Waals surface area contributed by atoms with Crippen LogP contribution in [0.25, 0.3) is 77.2 Å². The first kappa shape index (κ1) is 35.0. The molecular formula is C57H42N2. The van der Waals surface area contributed by atoms with Gasteiger partial charge in [-0.1, -0.05) is 170 Å². The average Bonchev–Trinajstić information content (AvgIpc) is 3.60. The van der Waals surface area contributed by atoms with Gasteiger partial charge >= 0.3 is 0 Å². The van der Waals surface area contributed by atoms with E-state index in [0.29, 0.717) is 0 Å². The van der Waals surface area contributed by atoms with E-state index in [2.05, 4.69) is 204 Å². The van der Waals surface area contributed by atoms with Crippen molar-refractivity contribution in [2.24, 2.45) is 0 Å². The molecule has 0 spiro atoms. The molecule has 2 heteroatoms. The van der Waals surface area contributed by atoms with Crippen LogP contribution in [0.3, 0.4) is 0 Å². The van der Waals surface area contributed by atoms with E-state index in [1.807, 2.05) is 6.20 Å². The number of rotatable bonds is 5. The van der Waals surface area contributed by atoms with E-state index in [1.165, 1.54) is 88.7 Å². The molecule has 0 radical (unpaired) electrons. The number of aryl methyl sites for hydroxylation is 3. The van der Waals surface area contributed by atoms with Crippen LogP contribution in [0.15, 0.2) is 182 Å². The number of nitrogens with zero attached hydrogens (tertiary/aromatic N) is 2. The van der Waals surface area contributed by atoms with E-state index in [-0.39, 0.29) is 0 Å². The molecule has 10 aromatic rings. The predicted octanol–water partition coefficient (Wildman–Crippen LogP) is 14.5. The predicted molar refractivity (Wildman–Crippen MR) is 247 cm³/mol. The van der Waals surface area contributed by atoms with E-state index >= 15 is 0 Å². The molecule has 0 N–H and O–H groups in total. The molecule has 0 aliphatic heterocycles. The minimum Gasteiger partial charge on any atom is -0.254 e. The molecule has 2 aromatic heterocycles. The first-order chi connectivity index (χ1) is 28.9. The first-order valence-electron chi connectivity index (χ1n) is 20.6. The van der Waals surface area contributed by atoms with Crippen molar-refractivity contribution < 1.29 is 0 Å². The van der Waals surface area contributed by atoms with E-state index in [0.717, 1.165) is 33.1 Å². The molecule has 0 saturated heterocycles. The van der Waals surface area contributed by atoms with Crippen LogP contribution in [0.2, 0.25) is 0 Å². The highest BCUT2D eigenvalue weighted by atomic mass is 14.8. The molecule has 0 saturated carbocycles. The highest BCUT2D eigenvalue weighted by molar-refractivity contribution is 6.09. The molecule has 1 aliphatic rings. The van der Waals surface area contributed by atoms with Crippen molar-refractivity contribution in [2.45, 2.75) is 33.1 Å². The first-order valence-corrected chi connectivity index (χ1v) is 20.6. The molecule has 0 unspecified atom stereocenters. The third-order valence-corrected chi connectivity index (χ3v) is 13.2. The zero-order valence-electron chi connectivity index (χ0n) is 33.7. The van der Waals surface area contributed by atoms with Crippen molar-refractivity contribution in [1.82, 2.24) is 9.97 Å². The van der Waals surface area contributed by atoms with Crippen molar-refractivity contribution in [2.75, 3.05) is 0 Å². The van der Waals surface area contributed by atoms with Crippen LogP contribution in [-0.4, -0.2) is 9.97 Å². The fraction of sp³-hybridized carbons (Fsp3) is 0.0877. The van der Waals surface area contributed by atoms with Crippen LogP contribution in [0.1, 0.15) is 44.5 Å². The highest BCUT2D eigenvalue weighted by Gasteiger charge is 2.46. The van der Waals surface area contributed by atoms with E-state index in [1.54, 1.807) is 0 Å². The second kappa shape index (κ2) is 13.5. The fourth-order valence-corrected chi connectivity index (χ4v) is 10.1. The molecule has 2 heterocycles. The summed E-state index contributed by atoms with van der Waals surface area (Å²) in [7, 11) is 0. The standard InChI is InChI=1S/C57H42N2/c1-35-34-58-55-43(36(35)2)31-32-44-37(3)38(4)54(59-56(44)55)49-28-15-26-47-45(24-14-27-48(47)49)39-17-13-18-40(33-39)46-25-16-30-52-53(46)50-23-11-12-29-51(50)57(52,41-19-7-5-8-20-41)42-21-9-6-10-22-42/h5-34H,1-4H3. The van der Waals surface area contributed by atoms with Crippen LogP contribution >= 0.6 is 0 Å². The molecule has 59 heavy (non-hydrogen) atoms. The molecule has 0 bridgehead atoms. The number of aromatic nitrogens is 2. The van der Waals surface area contributed by atoms with Crippen molar-refractivity contribution in [3.8, 4) is 44.6 Å². The van der Waals surface area contributed by atoms with Crippen LogP contribution in [0, 0.1) is 27.7 Å². The number of hydrogen-bond donors (Lipinski definition) is 0. The summed E-state index contributed by atoms with van der Waals surface area (Å²) in [5.74, 6) is 0. The maximum atomic E-state index is 5.46. The van der Waals surface area contributed by atoms with Crippen LogP contribution in [0.4, 0.5) is 0 Å². The van der Waals surface area contributed by atoms with Crippen molar-refractivity contribution in [3.63, 3.8) is 0 Å². The van der Waals surface area contributed by atoms with Crippen LogP contribution in [0.5, 0.6) is 0 Å². The van der Waals surface area contributed by atoms with Gasteiger partial charge in [0.2, 0.25) is 0 Å². The van der Waals surface area contributed by atoms with Gasteiger partial charge in [-0.05, 0) is 122 Å². The van der Waals surface area contributed by atoms with Gasteiger partial charge in [-0.25, -0.2) is 4.98 Å². The average molecular weight is 755 g/mol. The lowest BCUT2D eigenvalue weighted by molar-refractivity contribution is 0.768. The van der Waals surface area contributed by atoms with Crippen molar-refractivity contribution >= 4 is 32.6 Å². The van der Waals surface area contributed by atoms with Gasteiger partial charge in [0, 0.05) is 22.5 Å². The Bertz CT molecular complexity index is 3270. The number of fused-ring (bicyclic) bond motifs is 7. The summed E-state index contributed by atoms with van der Waals surface area (Å²) in [6.07, 6.45) is 1.98. The van der Waals surface area contributed by atoms with Crippen LogP contribution < -0.4 is 0 Å². The minimum absolute atomic E-state index is 0.443. The Morgan fingerprint density at radius 3 is 1.66 bits per heavy atom. The van der Waals surface area contributed by atoms with E-state index < -0.39 is 5.41 Å². The van der Waals surface area contributed by atoms with Gasteiger partial charge < -0.3 is 0 Å². The Hall–Kier alpha value is -7.16. The lowest BCUT2D eigenvalue weighted by atomic mass is 9.67. The summed E-state index contributed by atoms with van der Waals surface area (Å²) in [4.78, 5) is 10.4. The molecule has 2 nitrogen and oxygen atoms in total. The Morgan fingerprint density at radius 1 is 0.390 bits per heavy atom. The molecular weight excluding hydrogens is 713 g/mol. The number of benzene rings is 8. The number of hydrogen-bond acceptors (Lipinski definition) is 2. The summed E-state index contributed by atoms with van der Waals surface area (Å²) < 4.78 is 0. The van der Waals surface area contributed by atoms with Crippen molar-refractivity contribution in [3.05, 3.63) is 227 Å². The second-order valence-electron chi connectivity index (χ2n) is 16.2. The molecule has 0 amide bonds. The normalized spacial score (nSPS) is 12.9. The van der Waals surface area contributed by atoms with Gasteiger partial charge in [0.05, 0.1) is 22.1 Å². The maximum absolute atomic E-state index is 5.46. The summed E-state index contributed by atoms with van der Waals surface area (Å²) in [5.41, 5.74) is 21.1. The summed E-state index contributed by atoms with van der Waals surface area (Å²) in [6, 6.07) is 65.0. The van der Waals surface area contributed by atoms with E-state index in [9.17, 15) is 0 Å². The van der Waals surface area contributed by atoms with E-state index in [4.69, 9.17) is 9.97 Å². The van der Waals surface area contributed by atoms with Crippen molar-refractivity contribution in [1.29, 1.82) is 0 Å². The molecule has 280 valence electrons. The van der Waals surface area contributed by atoms with Gasteiger partial charge in [-0.2, -0.15) is 0 Å². The highest BCUT2D eigenvalue weighted by Crippen LogP contribution is 2.58. The Kier molecular flexibility index (Phi) is 8.00. The van der Waals surface area contributed by atoms with Gasteiger partial charge in [-0.15, -0.1) is 0 Å². The topological polar surface area (TPSA) is 25.8 Å². The summed E-state index contributed by atoms with van der Waals surface area (Å²) >= 11 is 0. The second-order valence-corrected chi connectivity index (χ2v) is 16.2. The van der Waals surface area contributed by atoms with Gasteiger partial charge in [0.15, 0.2) is 0 Å². The maximum Gasteiger partial charge on any atom is 0.0975 e. The zero-order valence-corrected chi connectivity index (χ0v) is 33.7. The molecule has 1 aliphatic carbocycles. The summed E-state index contributed by atoms with van der Waals surface area (Å²) in [5, 5.41) is 4.72. The monoisotopic (exact) mass is 754 g/mol. The smallest absolute Gasteiger partial charge is 0.0975 e. The third kappa shape index (κ3) is 5.12. The SMILES string of the molecule is Cc1cnc2c(ccc3c(C)c(C)c(-c4cccc5c(-c6cccc(-c7cccc8c7-c7ccccc7C8(c7ccccc7)c7ccccc7)c6)cccc45)nc32)c1C. The largest absolute Gasteiger partial charge is 0.254 e.